The van der Waals surface area contributed by atoms with Crippen molar-refractivity contribution < 1.29 is 4.79 Å². The highest BCUT2D eigenvalue weighted by molar-refractivity contribution is 7.05. The van der Waals surface area contributed by atoms with Crippen molar-refractivity contribution in [3.8, 4) is 0 Å². The largest absolute Gasteiger partial charge is 0.338 e. The molecule has 1 spiro atoms. The molecule has 0 N–H and O–H groups in total. The molecule has 0 radical (unpaired) electrons. The van der Waals surface area contributed by atoms with E-state index in [2.05, 4.69) is 31.5 Å². The number of benzene rings is 1. The van der Waals surface area contributed by atoms with Gasteiger partial charge < -0.3 is 4.90 Å². The van der Waals surface area contributed by atoms with Crippen LogP contribution >= 0.6 is 11.5 Å². The molecular formula is C20H26N4OS. The minimum Gasteiger partial charge on any atom is -0.338 e. The number of amides is 1. The zero-order valence-electron chi connectivity index (χ0n) is 15.4. The lowest BCUT2D eigenvalue weighted by Gasteiger charge is -2.48. The van der Waals surface area contributed by atoms with Crippen LogP contribution in [0.2, 0.25) is 0 Å². The van der Waals surface area contributed by atoms with E-state index in [1.807, 2.05) is 25.1 Å². The Morgan fingerprint density at radius 3 is 2.77 bits per heavy atom. The fourth-order valence-electron chi connectivity index (χ4n) is 4.43. The molecule has 4 rings (SSSR count). The summed E-state index contributed by atoms with van der Waals surface area (Å²) in [7, 11) is 0. The Morgan fingerprint density at radius 2 is 2.00 bits per heavy atom. The first-order valence-electron chi connectivity index (χ1n) is 9.45. The molecule has 0 unspecified atom stereocenters. The van der Waals surface area contributed by atoms with Gasteiger partial charge in [-0.05, 0) is 49.8 Å². The highest BCUT2D eigenvalue weighted by Crippen LogP contribution is 2.39. The molecule has 138 valence electrons. The van der Waals surface area contributed by atoms with Crippen LogP contribution < -0.4 is 0 Å². The molecule has 5 nitrogen and oxygen atoms in total. The molecule has 2 fully saturated rings. The Balaban J connectivity index is 1.45. The minimum absolute atomic E-state index is 0.243. The van der Waals surface area contributed by atoms with Gasteiger partial charge >= 0.3 is 0 Å². The van der Waals surface area contributed by atoms with Gasteiger partial charge in [-0.1, -0.05) is 34.8 Å². The maximum absolute atomic E-state index is 12.5. The van der Waals surface area contributed by atoms with Gasteiger partial charge in [0.15, 0.2) is 0 Å². The number of piperidine rings is 2. The van der Waals surface area contributed by atoms with Crippen LogP contribution in [0.15, 0.2) is 30.3 Å². The Hall–Kier alpha value is -1.79. The lowest BCUT2D eigenvalue weighted by molar-refractivity contribution is -0.140. The number of nitrogens with zero attached hydrogens (tertiary/aromatic N) is 4. The zero-order chi connectivity index (χ0) is 18.0. The molecule has 1 atom stereocenters. The van der Waals surface area contributed by atoms with Gasteiger partial charge in [0.1, 0.15) is 0 Å². The second-order valence-corrected chi connectivity index (χ2v) is 8.67. The molecule has 6 heteroatoms. The Kier molecular flexibility index (Phi) is 5.05. The third kappa shape index (κ3) is 3.81. The molecular weight excluding hydrogens is 344 g/mol. The first kappa shape index (κ1) is 17.6. The summed E-state index contributed by atoms with van der Waals surface area (Å²) >= 11 is 1.51. The quantitative estimate of drug-likeness (QED) is 0.829. The van der Waals surface area contributed by atoms with Crippen LogP contribution in [0.4, 0.5) is 0 Å². The van der Waals surface area contributed by atoms with Crippen LogP contribution in [0.25, 0.3) is 0 Å². The zero-order valence-corrected chi connectivity index (χ0v) is 16.2. The van der Waals surface area contributed by atoms with E-state index in [4.69, 9.17) is 0 Å². The summed E-state index contributed by atoms with van der Waals surface area (Å²) in [6.07, 6.45) is 4.13. The van der Waals surface area contributed by atoms with Crippen molar-refractivity contribution in [3.05, 3.63) is 46.5 Å². The summed E-state index contributed by atoms with van der Waals surface area (Å²) < 4.78 is 4.07. The third-order valence-corrected chi connectivity index (χ3v) is 6.63. The van der Waals surface area contributed by atoms with Crippen molar-refractivity contribution in [1.29, 1.82) is 0 Å². The lowest BCUT2D eigenvalue weighted by atomic mass is 9.73. The van der Waals surface area contributed by atoms with Gasteiger partial charge in [-0.15, -0.1) is 5.10 Å². The predicted octanol–water partition coefficient (Wildman–Crippen LogP) is 3.25. The van der Waals surface area contributed by atoms with E-state index < -0.39 is 0 Å². The summed E-state index contributed by atoms with van der Waals surface area (Å²) in [5, 5.41) is 4.14. The molecule has 0 aliphatic carbocycles. The van der Waals surface area contributed by atoms with Gasteiger partial charge in [0.2, 0.25) is 5.91 Å². The first-order chi connectivity index (χ1) is 12.6. The van der Waals surface area contributed by atoms with Gasteiger partial charge in [0.25, 0.3) is 0 Å². The average molecular weight is 371 g/mol. The van der Waals surface area contributed by atoms with Crippen molar-refractivity contribution in [2.24, 2.45) is 5.41 Å². The van der Waals surface area contributed by atoms with Gasteiger partial charge in [0, 0.05) is 38.0 Å². The average Bonchev–Trinajstić information content (AvgIpc) is 3.04. The minimum atomic E-state index is 0.243. The van der Waals surface area contributed by atoms with Gasteiger partial charge in [-0.25, -0.2) is 0 Å². The number of hydrogen-bond acceptors (Lipinski definition) is 5. The summed E-state index contributed by atoms with van der Waals surface area (Å²) in [5.41, 5.74) is 2.52. The summed E-state index contributed by atoms with van der Waals surface area (Å²) in [5.74, 6) is 0.305. The van der Waals surface area contributed by atoms with E-state index >= 15 is 0 Å². The normalized spacial score (nSPS) is 24.3. The molecule has 3 heterocycles. The number of rotatable bonds is 4. The smallest absolute Gasteiger partial charge is 0.222 e. The number of carbonyl (C=O) groups is 1. The second kappa shape index (κ2) is 7.45. The number of hydrogen-bond donors (Lipinski definition) is 0. The molecule has 1 aromatic heterocycles. The number of carbonyl (C=O) groups excluding carboxylic acids is 1. The monoisotopic (exact) mass is 370 g/mol. The summed E-state index contributed by atoms with van der Waals surface area (Å²) in [6.45, 7) is 6.81. The lowest BCUT2D eigenvalue weighted by Crippen LogP contribution is -2.53. The number of aryl methyl sites for hydroxylation is 1. The molecule has 26 heavy (non-hydrogen) atoms. The molecule has 2 aliphatic heterocycles. The standard InChI is InChI=1S/C20H26N4OS/c1-16-18(26-22-21-16)13-23-11-5-9-20(14-23)10-8-19(25)24(15-20)12-17-6-3-2-4-7-17/h2-4,6-7H,5,8-15H2,1H3/t20-/m1/s1. The van der Waals surface area contributed by atoms with Crippen molar-refractivity contribution in [1.82, 2.24) is 19.4 Å². The fourth-order valence-corrected chi connectivity index (χ4v) is 5.10. The molecule has 2 saturated heterocycles. The molecule has 2 aromatic rings. The van der Waals surface area contributed by atoms with Crippen molar-refractivity contribution in [3.63, 3.8) is 0 Å². The molecule has 2 aliphatic rings. The Morgan fingerprint density at radius 1 is 1.15 bits per heavy atom. The summed E-state index contributed by atoms with van der Waals surface area (Å²) in [4.78, 5) is 18.4. The van der Waals surface area contributed by atoms with Crippen molar-refractivity contribution in [2.75, 3.05) is 19.6 Å². The van der Waals surface area contributed by atoms with E-state index in [1.54, 1.807) is 0 Å². The molecule has 1 aromatic carbocycles. The van der Waals surface area contributed by atoms with Crippen LogP contribution in [0, 0.1) is 12.3 Å². The van der Waals surface area contributed by atoms with Crippen LogP contribution in [0.5, 0.6) is 0 Å². The Bertz CT molecular complexity index is 762. The van der Waals surface area contributed by atoms with Crippen LogP contribution in [-0.4, -0.2) is 44.9 Å². The van der Waals surface area contributed by atoms with E-state index in [-0.39, 0.29) is 5.41 Å². The van der Waals surface area contributed by atoms with Crippen LogP contribution in [-0.2, 0) is 17.9 Å². The highest BCUT2D eigenvalue weighted by Gasteiger charge is 2.41. The van der Waals surface area contributed by atoms with Gasteiger partial charge in [-0.2, -0.15) is 0 Å². The van der Waals surface area contributed by atoms with Crippen LogP contribution in [0.3, 0.4) is 0 Å². The maximum atomic E-state index is 12.5. The second-order valence-electron chi connectivity index (χ2n) is 7.83. The van der Waals surface area contributed by atoms with E-state index in [9.17, 15) is 4.79 Å². The van der Waals surface area contributed by atoms with E-state index in [0.717, 1.165) is 44.8 Å². The van der Waals surface area contributed by atoms with E-state index in [1.165, 1.54) is 34.8 Å². The van der Waals surface area contributed by atoms with E-state index in [0.29, 0.717) is 12.3 Å². The van der Waals surface area contributed by atoms with Crippen LogP contribution in [0.1, 0.15) is 41.8 Å². The SMILES string of the molecule is Cc1nnsc1CN1CCC[C@@]2(CCC(=O)N(Cc3ccccc3)C2)C1. The topological polar surface area (TPSA) is 49.3 Å². The number of likely N-dealkylation sites (tertiary alicyclic amines) is 2. The maximum Gasteiger partial charge on any atom is 0.222 e. The van der Waals surface area contributed by atoms with Gasteiger partial charge in [0.05, 0.1) is 10.6 Å². The highest BCUT2D eigenvalue weighted by atomic mass is 32.1. The number of aromatic nitrogens is 2. The van der Waals surface area contributed by atoms with Crippen molar-refractivity contribution >= 4 is 17.4 Å². The third-order valence-electron chi connectivity index (χ3n) is 5.82. The molecule has 0 saturated carbocycles. The molecule has 1 amide bonds. The fraction of sp³-hybridized carbons (Fsp3) is 0.550. The van der Waals surface area contributed by atoms with Crippen molar-refractivity contribution in [2.45, 2.75) is 45.7 Å². The summed E-state index contributed by atoms with van der Waals surface area (Å²) in [6, 6.07) is 10.3. The molecule has 0 bridgehead atoms. The van der Waals surface area contributed by atoms with Gasteiger partial charge in [-0.3, -0.25) is 9.69 Å². The predicted molar refractivity (Wildman–Crippen MR) is 103 cm³/mol. The first-order valence-corrected chi connectivity index (χ1v) is 10.2. The Labute approximate surface area is 159 Å².